The molecular formula is C13H12O3. The van der Waals surface area contributed by atoms with Crippen LogP contribution < -0.4 is 4.74 Å². The number of phenols is 2. The van der Waals surface area contributed by atoms with Crippen molar-refractivity contribution in [2.24, 2.45) is 0 Å². The Morgan fingerprint density at radius 1 is 0.938 bits per heavy atom. The van der Waals surface area contributed by atoms with E-state index in [4.69, 9.17) is 9.84 Å². The van der Waals surface area contributed by atoms with E-state index in [0.29, 0.717) is 5.56 Å². The standard InChI is InChI=1S/C13H12O3/c14-11-7-6-10(13(15)8-11)9-16-12-4-2-1-3-5-12/h1-8,14-15H,9H2. The van der Waals surface area contributed by atoms with Gasteiger partial charge in [0.15, 0.2) is 0 Å². The van der Waals surface area contributed by atoms with Gasteiger partial charge < -0.3 is 14.9 Å². The van der Waals surface area contributed by atoms with Gasteiger partial charge >= 0.3 is 0 Å². The lowest BCUT2D eigenvalue weighted by molar-refractivity contribution is 0.298. The molecule has 0 spiro atoms. The van der Waals surface area contributed by atoms with Crippen molar-refractivity contribution < 1.29 is 14.9 Å². The molecule has 0 saturated heterocycles. The Labute approximate surface area is 93.6 Å². The van der Waals surface area contributed by atoms with Crippen molar-refractivity contribution in [3.05, 3.63) is 54.1 Å². The second-order valence-corrected chi connectivity index (χ2v) is 3.41. The first-order valence-corrected chi connectivity index (χ1v) is 4.94. The Kier molecular flexibility index (Phi) is 2.96. The maximum absolute atomic E-state index is 9.53. The summed E-state index contributed by atoms with van der Waals surface area (Å²) in [6.07, 6.45) is 0. The molecule has 2 rings (SSSR count). The zero-order valence-electron chi connectivity index (χ0n) is 8.63. The number of hydrogen-bond donors (Lipinski definition) is 2. The predicted molar refractivity (Wildman–Crippen MR) is 60.5 cm³/mol. The fraction of sp³-hybridized carbons (Fsp3) is 0.0769. The average molecular weight is 216 g/mol. The van der Waals surface area contributed by atoms with Crippen LogP contribution in [0.5, 0.6) is 17.2 Å². The Morgan fingerprint density at radius 3 is 2.38 bits per heavy atom. The molecule has 0 radical (unpaired) electrons. The summed E-state index contributed by atoms with van der Waals surface area (Å²) >= 11 is 0. The third kappa shape index (κ3) is 2.45. The first-order chi connectivity index (χ1) is 7.75. The van der Waals surface area contributed by atoms with E-state index < -0.39 is 0 Å². The van der Waals surface area contributed by atoms with Crippen LogP contribution in [0.2, 0.25) is 0 Å². The molecule has 0 unspecified atom stereocenters. The van der Waals surface area contributed by atoms with Gasteiger partial charge in [-0.2, -0.15) is 0 Å². The summed E-state index contributed by atoms with van der Waals surface area (Å²) in [5.74, 6) is 0.826. The molecular weight excluding hydrogens is 204 g/mol. The lowest BCUT2D eigenvalue weighted by Gasteiger charge is -2.07. The molecule has 0 heterocycles. The highest BCUT2D eigenvalue weighted by molar-refractivity contribution is 5.38. The third-order valence-electron chi connectivity index (χ3n) is 2.21. The van der Waals surface area contributed by atoms with Crippen LogP contribution in [-0.4, -0.2) is 10.2 Å². The fourth-order valence-corrected chi connectivity index (χ4v) is 1.35. The fourth-order valence-electron chi connectivity index (χ4n) is 1.35. The number of benzene rings is 2. The molecule has 0 aliphatic rings. The molecule has 2 aromatic rings. The van der Waals surface area contributed by atoms with Crippen molar-refractivity contribution in [3.8, 4) is 17.2 Å². The van der Waals surface area contributed by atoms with E-state index in [2.05, 4.69) is 0 Å². The van der Waals surface area contributed by atoms with E-state index in [1.54, 1.807) is 6.07 Å². The topological polar surface area (TPSA) is 49.7 Å². The number of rotatable bonds is 3. The summed E-state index contributed by atoms with van der Waals surface area (Å²) in [4.78, 5) is 0. The number of phenolic OH excluding ortho intramolecular Hbond substituents is 2. The maximum Gasteiger partial charge on any atom is 0.125 e. The van der Waals surface area contributed by atoms with Gasteiger partial charge in [-0.3, -0.25) is 0 Å². The number of aromatic hydroxyl groups is 2. The van der Waals surface area contributed by atoms with E-state index in [1.165, 1.54) is 12.1 Å². The highest BCUT2D eigenvalue weighted by Crippen LogP contribution is 2.23. The second kappa shape index (κ2) is 4.57. The Morgan fingerprint density at radius 2 is 1.69 bits per heavy atom. The summed E-state index contributed by atoms with van der Waals surface area (Å²) < 4.78 is 5.47. The van der Waals surface area contributed by atoms with Gasteiger partial charge in [0.1, 0.15) is 23.9 Å². The molecule has 3 nitrogen and oxygen atoms in total. The van der Waals surface area contributed by atoms with Gasteiger partial charge in [0, 0.05) is 11.6 Å². The molecule has 2 aromatic carbocycles. The molecule has 0 amide bonds. The first kappa shape index (κ1) is 10.4. The molecule has 0 bridgehead atoms. The van der Waals surface area contributed by atoms with Crippen LogP contribution in [0.4, 0.5) is 0 Å². The lowest BCUT2D eigenvalue weighted by Crippen LogP contribution is -1.95. The first-order valence-electron chi connectivity index (χ1n) is 4.94. The van der Waals surface area contributed by atoms with Crippen molar-refractivity contribution in [1.29, 1.82) is 0 Å². The van der Waals surface area contributed by atoms with Crippen molar-refractivity contribution >= 4 is 0 Å². The van der Waals surface area contributed by atoms with Crippen molar-refractivity contribution in [3.63, 3.8) is 0 Å². The predicted octanol–water partition coefficient (Wildman–Crippen LogP) is 2.68. The largest absolute Gasteiger partial charge is 0.508 e. The Bertz CT molecular complexity index is 466. The molecule has 0 aliphatic heterocycles. The van der Waals surface area contributed by atoms with E-state index >= 15 is 0 Å². The smallest absolute Gasteiger partial charge is 0.125 e. The maximum atomic E-state index is 9.53. The minimum atomic E-state index is 0.0379. The van der Waals surface area contributed by atoms with E-state index in [1.807, 2.05) is 30.3 Å². The second-order valence-electron chi connectivity index (χ2n) is 3.41. The van der Waals surface area contributed by atoms with E-state index in [0.717, 1.165) is 5.75 Å². The normalized spacial score (nSPS) is 10.0. The van der Waals surface area contributed by atoms with Gasteiger partial charge in [0.05, 0.1) is 0 Å². The van der Waals surface area contributed by atoms with Crippen LogP contribution in [0, 0.1) is 0 Å². The molecule has 0 fully saturated rings. The number of para-hydroxylation sites is 1. The Balaban J connectivity index is 2.05. The minimum absolute atomic E-state index is 0.0379. The molecule has 2 N–H and O–H groups in total. The van der Waals surface area contributed by atoms with Crippen LogP contribution in [0.15, 0.2) is 48.5 Å². The van der Waals surface area contributed by atoms with Crippen molar-refractivity contribution in [1.82, 2.24) is 0 Å². The summed E-state index contributed by atoms with van der Waals surface area (Å²) in [6.45, 7) is 0.274. The van der Waals surface area contributed by atoms with E-state index in [9.17, 15) is 5.11 Å². The highest BCUT2D eigenvalue weighted by atomic mass is 16.5. The molecule has 0 aliphatic carbocycles. The summed E-state index contributed by atoms with van der Waals surface area (Å²) in [5, 5.41) is 18.7. The van der Waals surface area contributed by atoms with Crippen LogP contribution in [-0.2, 0) is 6.61 Å². The van der Waals surface area contributed by atoms with E-state index in [-0.39, 0.29) is 18.1 Å². The molecule has 3 heteroatoms. The SMILES string of the molecule is Oc1ccc(COc2ccccc2)c(O)c1. The molecule has 82 valence electrons. The molecule has 0 atom stereocenters. The molecule has 0 aromatic heterocycles. The Hall–Kier alpha value is -2.16. The molecule has 16 heavy (non-hydrogen) atoms. The third-order valence-corrected chi connectivity index (χ3v) is 2.21. The van der Waals surface area contributed by atoms with Crippen LogP contribution in [0.3, 0.4) is 0 Å². The van der Waals surface area contributed by atoms with Crippen LogP contribution in [0.1, 0.15) is 5.56 Å². The average Bonchev–Trinajstić information content (AvgIpc) is 2.29. The van der Waals surface area contributed by atoms with Crippen molar-refractivity contribution in [2.75, 3.05) is 0 Å². The molecule has 0 saturated carbocycles. The van der Waals surface area contributed by atoms with Gasteiger partial charge in [0.25, 0.3) is 0 Å². The van der Waals surface area contributed by atoms with Gasteiger partial charge in [0.2, 0.25) is 0 Å². The number of hydrogen-bond acceptors (Lipinski definition) is 3. The van der Waals surface area contributed by atoms with Gasteiger partial charge in [-0.1, -0.05) is 18.2 Å². The highest BCUT2D eigenvalue weighted by Gasteiger charge is 2.02. The zero-order valence-corrected chi connectivity index (χ0v) is 8.63. The van der Waals surface area contributed by atoms with Crippen LogP contribution in [0.25, 0.3) is 0 Å². The summed E-state index contributed by atoms with van der Waals surface area (Å²) in [7, 11) is 0. The van der Waals surface area contributed by atoms with Crippen molar-refractivity contribution in [2.45, 2.75) is 6.61 Å². The quantitative estimate of drug-likeness (QED) is 0.829. The van der Waals surface area contributed by atoms with Gasteiger partial charge in [-0.05, 0) is 24.3 Å². The summed E-state index contributed by atoms with van der Waals surface area (Å²) in [5.41, 5.74) is 0.640. The minimum Gasteiger partial charge on any atom is -0.508 e. The zero-order chi connectivity index (χ0) is 11.4. The van der Waals surface area contributed by atoms with Crippen LogP contribution >= 0.6 is 0 Å². The number of ether oxygens (including phenoxy) is 1. The van der Waals surface area contributed by atoms with Gasteiger partial charge in [-0.15, -0.1) is 0 Å². The van der Waals surface area contributed by atoms with Gasteiger partial charge in [-0.25, -0.2) is 0 Å². The summed E-state index contributed by atoms with van der Waals surface area (Å²) in [6, 6.07) is 13.8. The monoisotopic (exact) mass is 216 g/mol. The lowest BCUT2D eigenvalue weighted by atomic mass is 10.2.